The third kappa shape index (κ3) is 4.50. The molecule has 0 bridgehead atoms. The highest BCUT2D eigenvalue weighted by Crippen LogP contribution is 2.23. The van der Waals surface area contributed by atoms with Gasteiger partial charge in [0.25, 0.3) is 5.56 Å². The lowest BCUT2D eigenvalue weighted by molar-refractivity contribution is 0.531. The van der Waals surface area contributed by atoms with E-state index >= 15 is 0 Å². The van der Waals surface area contributed by atoms with Crippen molar-refractivity contribution < 1.29 is 0 Å². The van der Waals surface area contributed by atoms with E-state index in [0.717, 1.165) is 46.5 Å². The van der Waals surface area contributed by atoms with Gasteiger partial charge in [-0.1, -0.05) is 50.1 Å². The second kappa shape index (κ2) is 8.63. The number of hydrogen-bond acceptors (Lipinski definition) is 5. The van der Waals surface area contributed by atoms with Crippen molar-refractivity contribution in [3.05, 3.63) is 50.7 Å². The van der Waals surface area contributed by atoms with E-state index in [-0.39, 0.29) is 5.56 Å². The van der Waals surface area contributed by atoms with Crippen molar-refractivity contribution in [2.24, 2.45) is 0 Å². The van der Waals surface area contributed by atoms with Crippen molar-refractivity contribution in [3.63, 3.8) is 0 Å². The molecule has 3 aromatic rings. The molecule has 1 aromatic carbocycles. The summed E-state index contributed by atoms with van der Waals surface area (Å²) in [5.41, 5.74) is 1.89. The Morgan fingerprint density at radius 1 is 1.16 bits per heavy atom. The molecule has 0 aliphatic carbocycles. The number of para-hydroxylation sites is 1. The topological polar surface area (TPSA) is 47.8 Å². The molecule has 2 heterocycles. The summed E-state index contributed by atoms with van der Waals surface area (Å²) in [6.07, 6.45) is 4.55. The Kier molecular flexibility index (Phi) is 6.26. The number of thioether (sulfide) groups is 1. The minimum absolute atomic E-state index is 0.0686. The van der Waals surface area contributed by atoms with Gasteiger partial charge in [0.2, 0.25) is 0 Å². The first-order valence-corrected chi connectivity index (χ1v) is 10.6. The molecule has 25 heavy (non-hydrogen) atoms. The van der Waals surface area contributed by atoms with Gasteiger partial charge in [-0.3, -0.25) is 9.36 Å². The molecule has 3 rings (SSSR count). The molecule has 0 fully saturated rings. The van der Waals surface area contributed by atoms with Crippen LogP contribution in [0.1, 0.15) is 43.3 Å². The first-order valence-electron chi connectivity index (χ1n) is 8.72. The Labute approximate surface area is 156 Å². The van der Waals surface area contributed by atoms with Crippen LogP contribution in [0.5, 0.6) is 0 Å². The average molecular weight is 374 g/mol. The fourth-order valence-electron chi connectivity index (χ4n) is 2.76. The number of fused-ring (bicyclic) bond motifs is 1. The smallest absolute Gasteiger partial charge is 0.262 e. The number of thiazole rings is 1. The minimum Gasteiger partial charge on any atom is -0.287 e. The molecule has 0 N–H and O–H groups in total. The summed E-state index contributed by atoms with van der Waals surface area (Å²) in [5.74, 6) is 0.740. The van der Waals surface area contributed by atoms with Crippen LogP contribution in [0, 0.1) is 6.92 Å². The highest BCUT2D eigenvalue weighted by molar-refractivity contribution is 7.98. The van der Waals surface area contributed by atoms with E-state index in [1.165, 1.54) is 12.8 Å². The summed E-state index contributed by atoms with van der Waals surface area (Å²) in [7, 11) is 0. The summed E-state index contributed by atoms with van der Waals surface area (Å²) in [5, 5.41) is 4.64. The largest absolute Gasteiger partial charge is 0.287 e. The van der Waals surface area contributed by atoms with Crippen molar-refractivity contribution in [2.75, 3.05) is 0 Å². The predicted octanol–water partition coefficient (Wildman–Crippen LogP) is 5.03. The van der Waals surface area contributed by atoms with Crippen molar-refractivity contribution in [1.82, 2.24) is 14.5 Å². The number of nitrogens with zero attached hydrogens (tertiary/aromatic N) is 3. The number of hydrogen-bond donors (Lipinski definition) is 0. The van der Waals surface area contributed by atoms with Gasteiger partial charge in [-0.2, -0.15) is 0 Å². The Bertz CT molecular complexity index is 901. The van der Waals surface area contributed by atoms with Gasteiger partial charge in [-0.05, 0) is 25.5 Å². The molecule has 132 valence electrons. The van der Waals surface area contributed by atoms with Crippen LogP contribution < -0.4 is 5.56 Å². The summed E-state index contributed by atoms with van der Waals surface area (Å²) in [6.45, 7) is 4.94. The van der Waals surface area contributed by atoms with Crippen LogP contribution in [0.25, 0.3) is 10.9 Å². The Hall–Kier alpha value is -1.66. The summed E-state index contributed by atoms with van der Waals surface area (Å²) in [4.78, 5) is 22.2. The molecule has 0 spiro atoms. The van der Waals surface area contributed by atoms with E-state index in [4.69, 9.17) is 4.98 Å². The molecule has 6 heteroatoms. The van der Waals surface area contributed by atoms with E-state index in [1.54, 1.807) is 23.1 Å². The van der Waals surface area contributed by atoms with Gasteiger partial charge in [-0.25, -0.2) is 9.97 Å². The highest BCUT2D eigenvalue weighted by atomic mass is 32.2. The highest BCUT2D eigenvalue weighted by Gasteiger charge is 2.12. The number of unbranched alkanes of at least 4 members (excludes halogenated alkanes) is 3. The molecule has 2 aromatic heterocycles. The SMILES string of the molecule is CCCCCCn1c(SCc2csc(C)n2)nc2ccccc2c1=O. The Morgan fingerprint density at radius 3 is 2.76 bits per heavy atom. The van der Waals surface area contributed by atoms with Crippen LogP contribution in [-0.4, -0.2) is 14.5 Å². The van der Waals surface area contributed by atoms with Crippen LogP contribution >= 0.6 is 23.1 Å². The molecule has 0 aliphatic heterocycles. The van der Waals surface area contributed by atoms with Crippen molar-refractivity contribution in [1.29, 1.82) is 0 Å². The maximum atomic E-state index is 12.9. The molecule has 0 saturated carbocycles. The molecular weight excluding hydrogens is 350 g/mol. The fourth-order valence-corrected chi connectivity index (χ4v) is 4.40. The lowest BCUT2D eigenvalue weighted by Gasteiger charge is -2.12. The molecule has 0 amide bonds. The molecule has 0 radical (unpaired) electrons. The third-order valence-corrected chi connectivity index (χ3v) is 5.91. The summed E-state index contributed by atoms with van der Waals surface area (Å²) < 4.78 is 1.85. The second-order valence-electron chi connectivity index (χ2n) is 6.08. The van der Waals surface area contributed by atoms with Gasteiger partial charge in [0.05, 0.1) is 21.6 Å². The second-order valence-corrected chi connectivity index (χ2v) is 8.08. The van der Waals surface area contributed by atoms with E-state index in [9.17, 15) is 4.79 Å². The van der Waals surface area contributed by atoms with E-state index in [1.807, 2.05) is 35.8 Å². The van der Waals surface area contributed by atoms with Gasteiger partial charge in [-0.15, -0.1) is 11.3 Å². The maximum Gasteiger partial charge on any atom is 0.262 e. The average Bonchev–Trinajstić information content (AvgIpc) is 3.04. The van der Waals surface area contributed by atoms with Crippen LogP contribution in [0.4, 0.5) is 0 Å². The molecule has 0 aliphatic rings. The molecule has 0 atom stereocenters. The molecular formula is C19H23N3OS2. The van der Waals surface area contributed by atoms with Crippen molar-refractivity contribution in [3.8, 4) is 0 Å². The molecule has 0 saturated heterocycles. The predicted molar refractivity (Wildman–Crippen MR) is 107 cm³/mol. The standard InChI is InChI=1S/C19H23N3OS2/c1-3-4-5-8-11-22-18(23)16-9-6-7-10-17(16)21-19(22)25-13-15-12-24-14(2)20-15/h6-7,9-10,12H,3-5,8,11,13H2,1-2H3. The van der Waals surface area contributed by atoms with Gasteiger partial charge in [0.15, 0.2) is 5.16 Å². The van der Waals surface area contributed by atoms with Gasteiger partial charge < -0.3 is 0 Å². The lowest BCUT2D eigenvalue weighted by Crippen LogP contribution is -2.23. The van der Waals surface area contributed by atoms with Crippen LogP contribution in [-0.2, 0) is 12.3 Å². The van der Waals surface area contributed by atoms with Crippen molar-refractivity contribution in [2.45, 2.75) is 57.0 Å². The fraction of sp³-hybridized carbons (Fsp3) is 0.421. The van der Waals surface area contributed by atoms with Gasteiger partial charge in [0.1, 0.15) is 0 Å². The van der Waals surface area contributed by atoms with Crippen LogP contribution in [0.3, 0.4) is 0 Å². The van der Waals surface area contributed by atoms with Crippen LogP contribution in [0.2, 0.25) is 0 Å². The number of rotatable bonds is 8. The van der Waals surface area contributed by atoms with Gasteiger partial charge >= 0.3 is 0 Å². The lowest BCUT2D eigenvalue weighted by atomic mass is 10.2. The zero-order chi connectivity index (χ0) is 17.6. The van der Waals surface area contributed by atoms with E-state index in [0.29, 0.717) is 5.39 Å². The van der Waals surface area contributed by atoms with E-state index < -0.39 is 0 Å². The van der Waals surface area contributed by atoms with Crippen LogP contribution in [0.15, 0.2) is 39.6 Å². The van der Waals surface area contributed by atoms with Gasteiger partial charge in [0, 0.05) is 17.7 Å². The Morgan fingerprint density at radius 2 is 2.00 bits per heavy atom. The minimum atomic E-state index is 0.0686. The monoisotopic (exact) mass is 373 g/mol. The normalized spacial score (nSPS) is 11.3. The first kappa shape index (κ1) is 18.1. The van der Waals surface area contributed by atoms with E-state index in [2.05, 4.69) is 17.3 Å². The molecule has 0 unspecified atom stereocenters. The summed E-state index contributed by atoms with van der Waals surface area (Å²) in [6, 6.07) is 7.61. The zero-order valence-corrected chi connectivity index (χ0v) is 16.3. The maximum absolute atomic E-state index is 12.9. The Balaban J connectivity index is 1.88. The molecule has 4 nitrogen and oxygen atoms in total. The van der Waals surface area contributed by atoms with Crippen molar-refractivity contribution >= 4 is 34.0 Å². The summed E-state index contributed by atoms with van der Waals surface area (Å²) >= 11 is 3.26. The zero-order valence-electron chi connectivity index (χ0n) is 14.7. The quantitative estimate of drug-likeness (QED) is 0.315. The number of aryl methyl sites for hydroxylation is 1. The number of benzene rings is 1. The number of aromatic nitrogens is 3. The third-order valence-electron chi connectivity index (χ3n) is 4.08. The first-order chi connectivity index (χ1) is 12.2.